The number of hydrogen-bond donors (Lipinski definition) is 1. The highest BCUT2D eigenvalue weighted by Crippen LogP contribution is 2.30. The lowest BCUT2D eigenvalue weighted by molar-refractivity contribution is -0.137. The van der Waals surface area contributed by atoms with E-state index < -0.39 is 17.3 Å². The molecule has 110 valence electrons. The van der Waals surface area contributed by atoms with Gasteiger partial charge in [0.25, 0.3) is 5.56 Å². The first-order valence-corrected chi connectivity index (χ1v) is 6.09. The summed E-state index contributed by atoms with van der Waals surface area (Å²) in [6, 6.07) is 7.38. The van der Waals surface area contributed by atoms with Gasteiger partial charge in [0.15, 0.2) is 5.65 Å². The van der Waals surface area contributed by atoms with Crippen molar-refractivity contribution in [3.05, 3.63) is 58.0 Å². The lowest BCUT2D eigenvalue weighted by Gasteiger charge is -2.07. The van der Waals surface area contributed by atoms with E-state index in [1.807, 2.05) is 6.07 Å². The number of hydrogen-bond acceptors (Lipinski definition) is 3. The Morgan fingerprint density at radius 1 is 1.23 bits per heavy atom. The number of nitriles is 1. The fraction of sp³-hybridized carbons (Fsp3) is 0.0714. The second-order valence-corrected chi connectivity index (χ2v) is 4.51. The molecule has 8 heteroatoms. The number of benzene rings is 1. The Morgan fingerprint density at radius 3 is 2.50 bits per heavy atom. The van der Waals surface area contributed by atoms with Crippen LogP contribution in [0.3, 0.4) is 0 Å². The maximum atomic E-state index is 12.5. The summed E-state index contributed by atoms with van der Waals surface area (Å²) >= 11 is 0. The van der Waals surface area contributed by atoms with Crippen LogP contribution >= 0.6 is 0 Å². The fourth-order valence-electron chi connectivity index (χ4n) is 2.04. The van der Waals surface area contributed by atoms with Crippen LogP contribution in [0.5, 0.6) is 0 Å². The Balaban J connectivity index is 2.14. The Morgan fingerprint density at radius 2 is 1.91 bits per heavy atom. The molecule has 0 unspecified atom stereocenters. The monoisotopic (exact) mass is 304 g/mol. The quantitative estimate of drug-likeness (QED) is 0.751. The van der Waals surface area contributed by atoms with Crippen molar-refractivity contribution in [1.82, 2.24) is 14.6 Å². The minimum atomic E-state index is -4.43. The van der Waals surface area contributed by atoms with Crippen molar-refractivity contribution in [2.45, 2.75) is 6.18 Å². The third kappa shape index (κ3) is 2.22. The summed E-state index contributed by atoms with van der Waals surface area (Å²) < 4.78 is 38.7. The molecule has 1 aromatic carbocycles. The average molecular weight is 304 g/mol. The summed E-state index contributed by atoms with van der Waals surface area (Å²) in [7, 11) is 0. The lowest BCUT2D eigenvalue weighted by atomic mass is 10.1. The molecule has 0 bridgehead atoms. The van der Waals surface area contributed by atoms with Crippen molar-refractivity contribution in [2.24, 2.45) is 0 Å². The molecule has 2 aromatic heterocycles. The highest BCUT2D eigenvalue weighted by atomic mass is 19.4. The third-order valence-electron chi connectivity index (χ3n) is 3.13. The first kappa shape index (κ1) is 13.9. The molecule has 3 rings (SSSR count). The molecule has 0 fully saturated rings. The van der Waals surface area contributed by atoms with Crippen molar-refractivity contribution in [3.63, 3.8) is 0 Å². The van der Waals surface area contributed by atoms with Gasteiger partial charge in [-0.3, -0.25) is 9.89 Å². The van der Waals surface area contributed by atoms with Gasteiger partial charge in [0.05, 0.1) is 11.3 Å². The summed E-state index contributed by atoms with van der Waals surface area (Å²) in [6.07, 6.45) is -3.09. The Labute approximate surface area is 121 Å². The van der Waals surface area contributed by atoms with Crippen LogP contribution in [-0.2, 0) is 6.18 Å². The molecule has 0 aliphatic carbocycles. The minimum absolute atomic E-state index is 0.130. The molecule has 0 atom stereocenters. The van der Waals surface area contributed by atoms with Gasteiger partial charge >= 0.3 is 6.18 Å². The van der Waals surface area contributed by atoms with Crippen LogP contribution in [0.2, 0.25) is 0 Å². The van der Waals surface area contributed by atoms with E-state index in [9.17, 15) is 18.0 Å². The molecule has 0 saturated heterocycles. The van der Waals surface area contributed by atoms with Gasteiger partial charge in [-0.05, 0) is 12.1 Å². The SMILES string of the molecule is N#Cc1c[nH]n2c(=O)cc(-c3ccc(C(F)(F)F)cc3)nc12. The van der Waals surface area contributed by atoms with Gasteiger partial charge in [0.1, 0.15) is 11.6 Å². The first-order valence-electron chi connectivity index (χ1n) is 6.09. The van der Waals surface area contributed by atoms with Crippen molar-refractivity contribution in [2.75, 3.05) is 0 Å². The number of H-pyrrole nitrogens is 1. The molecule has 0 spiro atoms. The molecular weight excluding hydrogens is 297 g/mol. The Hall–Kier alpha value is -3.08. The van der Waals surface area contributed by atoms with Gasteiger partial charge in [0, 0.05) is 17.8 Å². The molecule has 2 heterocycles. The van der Waals surface area contributed by atoms with Crippen LogP contribution in [0.25, 0.3) is 16.9 Å². The number of nitrogens with zero attached hydrogens (tertiary/aromatic N) is 3. The van der Waals surface area contributed by atoms with Gasteiger partial charge in [-0.25, -0.2) is 9.50 Å². The van der Waals surface area contributed by atoms with Crippen LogP contribution in [-0.4, -0.2) is 14.6 Å². The number of halogens is 3. The number of aromatic amines is 1. The molecule has 0 aliphatic rings. The Bertz CT molecular complexity index is 945. The minimum Gasteiger partial charge on any atom is -0.295 e. The average Bonchev–Trinajstić information content (AvgIpc) is 2.90. The molecule has 5 nitrogen and oxygen atoms in total. The van der Waals surface area contributed by atoms with Gasteiger partial charge in [0.2, 0.25) is 0 Å². The summed E-state index contributed by atoms with van der Waals surface area (Å²) in [6.45, 7) is 0. The van der Waals surface area contributed by atoms with Gasteiger partial charge in [-0.15, -0.1) is 0 Å². The largest absolute Gasteiger partial charge is 0.416 e. The number of rotatable bonds is 1. The second kappa shape index (κ2) is 4.73. The van der Waals surface area contributed by atoms with E-state index in [-0.39, 0.29) is 16.9 Å². The topological polar surface area (TPSA) is 73.9 Å². The highest BCUT2D eigenvalue weighted by Gasteiger charge is 2.30. The van der Waals surface area contributed by atoms with E-state index in [0.717, 1.165) is 16.6 Å². The predicted octanol–water partition coefficient (Wildman–Crippen LogP) is 2.58. The normalized spacial score (nSPS) is 11.5. The molecule has 1 N–H and O–H groups in total. The zero-order valence-corrected chi connectivity index (χ0v) is 10.8. The van der Waals surface area contributed by atoms with Crippen molar-refractivity contribution >= 4 is 5.65 Å². The van der Waals surface area contributed by atoms with Crippen molar-refractivity contribution in [3.8, 4) is 17.3 Å². The highest BCUT2D eigenvalue weighted by molar-refractivity contribution is 5.64. The number of alkyl halides is 3. The van der Waals surface area contributed by atoms with E-state index in [2.05, 4.69) is 10.1 Å². The fourth-order valence-corrected chi connectivity index (χ4v) is 2.04. The molecule has 0 aliphatic heterocycles. The number of nitrogens with one attached hydrogen (secondary N) is 1. The number of fused-ring (bicyclic) bond motifs is 1. The smallest absolute Gasteiger partial charge is 0.295 e. The second-order valence-electron chi connectivity index (χ2n) is 4.51. The lowest BCUT2D eigenvalue weighted by Crippen LogP contribution is -2.14. The van der Waals surface area contributed by atoms with Crippen molar-refractivity contribution < 1.29 is 13.2 Å². The Kier molecular flexibility index (Phi) is 2.99. The molecule has 0 saturated carbocycles. The van der Waals surface area contributed by atoms with Crippen LogP contribution in [0.1, 0.15) is 11.1 Å². The van der Waals surface area contributed by atoms with Gasteiger partial charge < -0.3 is 0 Å². The van der Waals surface area contributed by atoms with E-state index in [0.29, 0.717) is 5.56 Å². The summed E-state index contributed by atoms with van der Waals surface area (Å²) in [5.74, 6) is 0. The molecule has 0 amide bonds. The van der Waals surface area contributed by atoms with Gasteiger partial charge in [-0.1, -0.05) is 12.1 Å². The molecule has 22 heavy (non-hydrogen) atoms. The summed E-state index contributed by atoms with van der Waals surface area (Å²) in [4.78, 5) is 16.1. The van der Waals surface area contributed by atoms with E-state index in [4.69, 9.17) is 5.26 Å². The zero-order chi connectivity index (χ0) is 15.9. The molecular formula is C14H7F3N4O. The standard InChI is InChI=1S/C14H7F3N4O/c15-14(16,17)10-3-1-8(2-4-10)11-5-12(22)21-13(20-11)9(6-18)7-19-21/h1-5,7,19H. The zero-order valence-electron chi connectivity index (χ0n) is 10.8. The maximum absolute atomic E-state index is 12.5. The van der Waals surface area contributed by atoms with E-state index in [1.165, 1.54) is 24.4 Å². The van der Waals surface area contributed by atoms with Gasteiger partial charge in [-0.2, -0.15) is 18.4 Å². The van der Waals surface area contributed by atoms with Crippen LogP contribution < -0.4 is 5.56 Å². The summed E-state index contributed by atoms with van der Waals surface area (Å²) in [5, 5.41) is 11.5. The summed E-state index contributed by atoms with van der Waals surface area (Å²) in [5.41, 5.74) is -0.377. The molecule has 3 aromatic rings. The van der Waals surface area contributed by atoms with E-state index in [1.54, 1.807) is 0 Å². The van der Waals surface area contributed by atoms with E-state index >= 15 is 0 Å². The molecule has 0 radical (unpaired) electrons. The van der Waals surface area contributed by atoms with Crippen LogP contribution in [0.15, 0.2) is 41.3 Å². The van der Waals surface area contributed by atoms with Crippen LogP contribution in [0.4, 0.5) is 13.2 Å². The third-order valence-corrected chi connectivity index (χ3v) is 3.13. The first-order chi connectivity index (χ1) is 10.4. The predicted molar refractivity (Wildman–Crippen MR) is 71.0 cm³/mol. The van der Waals surface area contributed by atoms with Crippen LogP contribution in [0, 0.1) is 11.3 Å². The number of aromatic nitrogens is 3. The maximum Gasteiger partial charge on any atom is 0.416 e. The van der Waals surface area contributed by atoms with Crippen molar-refractivity contribution in [1.29, 1.82) is 5.26 Å².